The second-order valence-corrected chi connectivity index (χ2v) is 13.5. The summed E-state index contributed by atoms with van der Waals surface area (Å²) in [5.74, 6) is -0.485. The first-order valence-corrected chi connectivity index (χ1v) is 17.9. The molecule has 8 nitrogen and oxygen atoms in total. The molecule has 2 aliphatic heterocycles. The number of carbonyl (C=O) groups excluding carboxylic acids is 2. The third-order valence-electron chi connectivity index (χ3n) is 10.2. The summed E-state index contributed by atoms with van der Waals surface area (Å²) < 4.78 is 9.99. The van der Waals surface area contributed by atoms with Crippen molar-refractivity contribution in [2.75, 3.05) is 14.2 Å². The molecule has 2 aromatic rings. The Morgan fingerprint density at radius 1 is 0.633 bits per heavy atom. The molecule has 8 heteroatoms. The summed E-state index contributed by atoms with van der Waals surface area (Å²) in [5.41, 5.74) is 17.6. The summed E-state index contributed by atoms with van der Waals surface area (Å²) in [6, 6.07) is 0. The molecule has 2 aromatic heterocycles. The molecule has 2 aliphatic rings. The molecule has 0 amide bonds. The number of aliphatic imine (C=N–C) groups is 2. The molecule has 4 rings (SSSR count). The van der Waals surface area contributed by atoms with Gasteiger partial charge < -0.3 is 19.4 Å². The zero-order valence-corrected chi connectivity index (χ0v) is 31.5. The summed E-state index contributed by atoms with van der Waals surface area (Å²) in [6.45, 7) is 17.3. The van der Waals surface area contributed by atoms with Crippen LogP contribution >= 0.6 is 0 Å². The molecule has 0 aliphatic carbocycles. The molecular formula is C41H56N4O4. The quantitative estimate of drug-likeness (QED) is 0.174. The number of hydrogen-bond acceptors (Lipinski definition) is 6. The molecule has 264 valence electrons. The first kappa shape index (κ1) is 37.6. The molecule has 0 spiro atoms. The number of methoxy groups -OCH3 is 2. The number of allylic oxidation sites excluding steroid dienone is 4. The molecule has 2 N–H and O–H groups in total. The zero-order valence-electron chi connectivity index (χ0n) is 31.5. The maximum Gasteiger partial charge on any atom is 0.305 e. The molecule has 0 saturated carbocycles. The Kier molecular flexibility index (Phi) is 13.0. The van der Waals surface area contributed by atoms with E-state index in [-0.39, 0.29) is 24.8 Å². The molecule has 0 saturated heterocycles. The van der Waals surface area contributed by atoms with Gasteiger partial charge in [0.15, 0.2) is 0 Å². The van der Waals surface area contributed by atoms with Crippen molar-refractivity contribution in [3.05, 3.63) is 78.7 Å². The zero-order chi connectivity index (χ0) is 35.8. The topological polar surface area (TPSA) is 109 Å². The average molecular weight is 669 g/mol. The van der Waals surface area contributed by atoms with Gasteiger partial charge in [0.25, 0.3) is 0 Å². The number of ether oxygens (including phenoxy) is 2. The number of H-pyrrole nitrogens is 2. The van der Waals surface area contributed by atoms with Crippen molar-refractivity contribution in [2.24, 2.45) is 9.98 Å². The molecule has 0 radical (unpaired) electrons. The predicted octanol–water partition coefficient (Wildman–Crippen LogP) is 9.48. The lowest BCUT2D eigenvalue weighted by Gasteiger charge is -2.09. The largest absolute Gasteiger partial charge is 0.469 e. The van der Waals surface area contributed by atoms with Gasteiger partial charge in [-0.3, -0.25) is 19.6 Å². The summed E-state index contributed by atoms with van der Waals surface area (Å²) >= 11 is 0. The highest BCUT2D eigenvalue weighted by atomic mass is 16.5. The number of aromatic amines is 2. The van der Waals surface area contributed by atoms with Crippen LogP contribution in [0.4, 0.5) is 0 Å². The van der Waals surface area contributed by atoms with E-state index in [4.69, 9.17) is 19.5 Å². The second-order valence-electron chi connectivity index (χ2n) is 13.5. The number of hydrogen-bond donors (Lipinski definition) is 2. The Balaban J connectivity index is 1.75. The van der Waals surface area contributed by atoms with E-state index in [1.54, 1.807) is 0 Å². The van der Waals surface area contributed by atoms with Gasteiger partial charge in [-0.2, -0.15) is 0 Å². The minimum atomic E-state index is -0.243. The van der Waals surface area contributed by atoms with Crippen LogP contribution in [-0.2, 0) is 31.9 Å². The fourth-order valence-electron chi connectivity index (χ4n) is 7.02. The summed E-state index contributed by atoms with van der Waals surface area (Å²) in [6.07, 6.45) is 13.1. The van der Waals surface area contributed by atoms with Gasteiger partial charge in [0.05, 0.1) is 37.0 Å². The molecule has 0 aromatic carbocycles. The van der Waals surface area contributed by atoms with Crippen LogP contribution in [0.5, 0.6) is 0 Å². The van der Waals surface area contributed by atoms with Crippen LogP contribution in [0.15, 0.2) is 43.7 Å². The number of unbranched alkanes of at least 4 members (excludes halogenated alkanes) is 2. The van der Waals surface area contributed by atoms with E-state index in [9.17, 15) is 9.59 Å². The first-order valence-electron chi connectivity index (χ1n) is 17.9. The van der Waals surface area contributed by atoms with Crippen molar-refractivity contribution in [2.45, 2.75) is 126 Å². The van der Waals surface area contributed by atoms with Crippen LogP contribution in [0.3, 0.4) is 0 Å². The van der Waals surface area contributed by atoms with Gasteiger partial charge >= 0.3 is 11.9 Å². The highest BCUT2D eigenvalue weighted by molar-refractivity contribution is 6.21. The van der Waals surface area contributed by atoms with Crippen molar-refractivity contribution in [3.8, 4) is 0 Å². The van der Waals surface area contributed by atoms with Crippen molar-refractivity contribution in [3.63, 3.8) is 0 Å². The van der Waals surface area contributed by atoms with Crippen LogP contribution < -0.4 is 0 Å². The molecule has 0 bridgehead atoms. The van der Waals surface area contributed by atoms with Crippen LogP contribution in [-0.4, -0.2) is 47.5 Å². The van der Waals surface area contributed by atoms with E-state index in [2.05, 4.69) is 77.5 Å². The van der Waals surface area contributed by atoms with Crippen LogP contribution in [0, 0.1) is 27.7 Å². The lowest BCUT2D eigenvalue weighted by molar-refractivity contribution is -0.141. The predicted molar refractivity (Wildman–Crippen MR) is 201 cm³/mol. The number of nitrogens with one attached hydrogen (secondary N) is 2. The van der Waals surface area contributed by atoms with Gasteiger partial charge in [0.2, 0.25) is 0 Å². The molecule has 0 atom stereocenters. The van der Waals surface area contributed by atoms with Crippen molar-refractivity contribution < 1.29 is 19.1 Å². The van der Waals surface area contributed by atoms with Crippen molar-refractivity contribution in [1.29, 1.82) is 0 Å². The number of esters is 2. The van der Waals surface area contributed by atoms with Crippen molar-refractivity contribution >= 4 is 35.5 Å². The summed E-state index contributed by atoms with van der Waals surface area (Å²) in [5, 5.41) is 0. The minimum absolute atomic E-state index is 0.242. The van der Waals surface area contributed by atoms with Crippen LogP contribution in [0.1, 0.15) is 131 Å². The summed E-state index contributed by atoms with van der Waals surface area (Å²) in [7, 11) is 2.85. The maximum absolute atomic E-state index is 12.3. The number of aromatic nitrogens is 2. The maximum atomic E-state index is 12.3. The van der Waals surface area contributed by atoms with Gasteiger partial charge in [-0.1, -0.05) is 26.7 Å². The van der Waals surface area contributed by atoms with Gasteiger partial charge in [0, 0.05) is 42.0 Å². The molecule has 0 fully saturated rings. The average Bonchev–Trinajstić information content (AvgIpc) is 3.72. The molecule has 4 heterocycles. The first-order chi connectivity index (χ1) is 23.4. The van der Waals surface area contributed by atoms with Crippen LogP contribution in [0.25, 0.3) is 12.2 Å². The van der Waals surface area contributed by atoms with E-state index in [0.717, 1.165) is 95.0 Å². The Bertz CT molecular complexity index is 1770. The fourth-order valence-corrected chi connectivity index (χ4v) is 7.02. The van der Waals surface area contributed by atoms with E-state index in [0.29, 0.717) is 19.3 Å². The number of rotatable bonds is 16. The highest BCUT2D eigenvalue weighted by Crippen LogP contribution is 2.37. The third kappa shape index (κ3) is 8.70. The Labute approximate surface area is 293 Å². The Morgan fingerprint density at radius 3 is 1.59 bits per heavy atom. The lowest BCUT2D eigenvalue weighted by Crippen LogP contribution is -2.11. The van der Waals surface area contributed by atoms with Crippen molar-refractivity contribution in [1.82, 2.24) is 9.97 Å². The van der Waals surface area contributed by atoms with Gasteiger partial charge in [0.1, 0.15) is 0 Å². The van der Waals surface area contributed by atoms with E-state index < -0.39 is 0 Å². The van der Waals surface area contributed by atoms with Gasteiger partial charge in [-0.15, -0.1) is 0 Å². The Hall–Kier alpha value is -4.20. The normalized spacial score (nSPS) is 16.4. The van der Waals surface area contributed by atoms with E-state index >= 15 is 0 Å². The second kappa shape index (κ2) is 17.0. The lowest BCUT2D eigenvalue weighted by atomic mass is 9.94. The SMILES string of the molecule is CCCCc1c(C)[nH]c(/C=C2\N=C(CC3=N/C(=C/c4[nH]c(C)c(CCCC)c4C)C(C)=C3CCC(=O)OC)C(C)=C2CCC(=O)OC)c1C. The summed E-state index contributed by atoms with van der Waals surface area (Å²) in [4.78, 5) is 42.1. The number of nitrogens with zero attached hydrogens (tertiary/aromatic N) is 2. The van der Waals surface area contributed by atoms with Gasteiger partial charge in [-0.05, 0) is 137 Å². The molecular weight excluding hydrogens is 612 g/mol. The number of carbonyl (C=O) groups is 2. The fraction of sp³-hybridized carbons (Fsp3) is 0.512. The van der Waals surface area contributed by atoms with E-state index in [1.807, 2.05) is 0 Å². The smallest absolute Gasteiger partial charge is 0.305 e. The number of aryl methyl sites for hydroxylation is 2. The molecule has 49 heavy (non-hydrogen) atoms. The monoisotopic (exact) mass is 668 g/mol. The highest BCUT2D eigenvalue weighted by Gasteiger charge is 2.28. The van der Waals surface area contributed by atoms with Gasteiger partial charge in [-0.25, -0.2) is 0 Å². The van der Waals surface area contributed by atoms with Crippen LogP contribution in [0.2, 0.25) is 0 Å². The minimum Gasteiger partial charge on any atom is -0.469 e. The Morgan fingerprint density at radius 2 is 1.10 bits per heavy atom. The standard InChI is InChI=1S/C41H56N4O4/c1-11-13-15-30-24(3)34(42-28(30)7)21-36-26(5)32(17-19-40(46)48-9)39(44-36)23-37-27(6)33(18-20-41(47)49-10)38(45-37)22-35-25(4)31(16-14-12-2)29(8)43-35/h21-22,42-43H,11-20,23H2,1-10H3/b36-21+,38-22-. The molecule has 0 unspecified atom stereocenters. The third-order valence-corrected chi connectivity index (χ3v) is 10.2. The van der Waals surface area contributed by atoms with E-state index in [1.165, 1.54) is 47.9 Å².